The van der Waals surface area contributed by atoms with E-state index in [1.165, 1.54) is 19.3 Å². The van der Waals surface area contributed by atoms with E-state index in [1.54, 1.807) is 21.3 Å². The fraction of sp³-hybridized carbons (Fsp3) is 0.400. The van der Waals surface area contributed by atoms with Gasteiger partial charge in [-0.2, -0.15) is 0 Å². The highest BCUT2D eigenvalue weighted by molar-refractivity contribution is 5.80. The molecule has 2 aromatic carbocycles. The lowest BCUT2D eigenvalue weighted by atomic mass is 9.86. The van der Waals surface area contributed by atoms with Crippen molar-refractivity contribution in [1.82, 2.24) is 0 Å². The van der Waals surface area contributed by atoms with E-state index in [0.717, 1.165) is 39.8 Å². The quantitative estimate of drug-likeness (QED) is 0.552. The number of hydrogen-bond acceptors (Lipinski definition) is 5. The third-order valence-electron chi connectivity index (χ3n) is 5.99. The van der Waals surface area contributed by atoms with Crippen molar-refractivity contribution in [2.75, 3.05) is 21.3 Å². The summed E-state index contributed by atoms with van der Waals surface area (Å²) in [7, 11) is 4.95. The fourth-order valence-corrected chi connectivity index (χ4v) is 4.18. The Labute approximate surface area is 177 Å². The SMILES string of the molecule is COc1ccc2oc(-c3ccc(OC)c(OC)c3)cc(=N[C@H]3CCCC[C@H]3C)c2c1. The van der Waals surface area contributed by atoms with E-state index in [9.17, 15) is 0 Å². The number of hydrogen-bond donors (Lipinski definition) is 0. The molecule has 158 valence electrons. The zero-order valence-corrected chi connectivity index (χ0v) is 18.1. The smallest absolute Gasteiger partial charge is 0.161 e. The van der Waals surface area contributed by atoms with Gasteiger partial charge in [-0.15, -0.1) is 0 Å². The topological polar surface area (TPSA) is 53.2 Å². The molecule has 1 fully saturated rings. The second-order valence-corrected chi connectivity index (χ2v) is 7.89. The number of rotatable bonds is 5. The van der Waals surface area contributed by atoms with Crippen molar-refractivity contribution in [1.29, 1.82) is 0 Å². The van der Waals surface area contributed by atoms with E-state index < -0.39 is 0 Å². The van der Waals surface area contributed by atoms with Crippen molar-refractivity contribution in [2.24, 2.45) is 10.9 Å². The zero-order chi connectivity index (χ0) is 21.1. The Morgan fingerprint density at radius 1 is 0.867 bits per heavy atom. The molecule has 1 saturated carbocycles. The lowest BCUT2D eigenvalue weighted by Crippen LogP contribution is -2.23. The van der Waals surface area contributed by atoms with Crippen LogP contribution in [0.1, 0.15) is 32.6 Å². The first kappa shape index (κ1) is 20.3. The van der Waals surface area contributed by atoms with Gasteiger partial charge >= 0.3 is 0 Å². The molecule has 30 heavy (non-hydrogen) atoms. The van der Waals surface area contributed by atoms with Crippen molar-refractivity contribution in [3.05, 3.63) is 47.8 Å². The molecule has 0 bridgehead atoms. The zero-order valence-electron chi connectivity index (χ0n) is 18.1. The van der Waals surface area contributed by atoms with Crippen LogP contribution < -0.4 is 19.6 Å². The molecule has 3 aromatic rings. The number of benzene rings is 2. The molecule has 0 radical (unpaired) electrons. The molecule has 0 N–H and O–H groups in total. The monoisotopic (exact) mass is 407 g/mol. The third-order valence-corrected chi connectivity index (χ3v) is 5.99. The van der Waals surface area contributed by atoms with Gasteiger partial charge in [0.05, 0.1) is 32.7 Å². The van der Waals surface area contributed by atoms with Crippen LogP contribution >= 0.6 is 0 Å². The van der Waals surface area contributed by atoms with Gasteiger partial charge in [-0.3, -0.25) is 4.99 Å². The average Bonchev–Trinajstić information content (AvgIpc) is 2.79. The summed E-state index contributed by atoms with van der Waals surface area (Å²) in [4.78, 5) is 5.19. The lowest BCUT2D eigenvalue weighted by molar-refractivity contribution is 0.328. The highest BCUT2D eigenvalue weighted by Crippen LogP contribution is 2.33. The van der Waals surface area contributed by atoms with Crippen LogP contribution in [0.4, 0.5) is 0 Å². The van der Waals surface area contributed by atoms with Crippen molar-refractivity contribution >= 4 is 11.0 Å². The summed E-state index contributed by atoms with van der Waals surface area (Å²) in [6.07, 6.45) is 4.89. The van der Waals surface area contributed by atoms with Crippen LogP contribution in [0.3, 0.4) is 0 Å². The van der Waals surface area contributed by atoms with Crippen LogP contribution in [-0.4, -0.2) is 27.4 Å². The largest absolute Gasteiger partial charge is 0.497 e. The molecule has 4 rings (SSSR count). The molecule has 5 nitrogen and oxygen atoms in total. The summed E-state index contributed by atoms with van der Waals surface area (Å²) in [5, 5.41) is 1.91. The number of fused-ring (bicyclic) bond motifs is 1. The molecule has 1 heterocycles. The maximum Gasteiger partial charge on any atom is 0.161 e. The van der Waals surface area contributed by atoms with Gasteiger partial charge in [-0.25, -0.2) is 0 Å². The highest BCUT2D eigenvalue weighted by Gasteiger charge is 2.20. The molecule has 1 aromatic heterocycles. The van der Waals surface area contributed by atoms with Crippen LogP contribution in [0.15, 0.2) is 51.9 Å². The lowest BCUT2D eigenvalue weighted by Gasteiger charge is -2.25. The van der Waals surface area contributed by atoms with E-state index in [1.807, 2.05) is 42.5 Å². The predicted octanol–water partition coefficient (Wildman–Crippen LogP) is 5.61. The van der Waals surface area contributed by atoms with E-state index in [0.29, 0.717) is 23.5 Å². The van der Waals surface area contributed by atoms with Gasteiger partial charge in [-0.05, 0) is 55.2 Å². The van der Waals surface area contributed by atoms with E-state index in [4.69, 9.17) is 23.6 Å². The normalized spacial score (nSPS) is 19.7. The first-order valence-corrected chi connectivity index (χ1v) is 10.5. The molecular formula is C25H29NO4. The van der Waals surface area contributed by atoms with Crippen LogP contribution in [0.2, 0.25) is 0 Å². The Bertz CT molecular complexity index is 1100. The minimum absolute atomic E-state index is 0.328. The first-order valence-electron chi connectivity index (χ1n) is 10.5. The average molecular weight is 408 g/mol. The van der Waals surface area contributed by atoms with Crippen LogP contribution in [0.25, 0.3) is 22.3 Å². The summed E-state index contributed by atoms with van der Waals surface area (Å²) >= 11 is 0. The van der Waals surface area contributed by atoms with Gasteiger partial charge < -0.3 is 18.6 Å². The molecular weight excluding hydrogens is 378 g/mol. The molecule has 5 heteroatoms. The first-order chi connectivity index (χ1) is 14.6. The Balaban J connectivity index is 1.90. The van der Waals surface area contributed by atoms with Crippen molar-refractivity contribution < 1.29 is 18.6 Å². The standard InChI is InChI=1S/C25H29NO4/c1-16-7-5-6-8-20(16)26-21-15-24(17-9-11-23(28-3)25(13-17)29-4)30-22-12-10-18(27-2)14-19(21)22/h9-16,20H,5-8H2,1-4H3/t16-,20+/m1/s1. The Kier molecular flexibility index (Phi) is 5.98. The van der Waals surface area contributed by atoms with E-state index in [-0.39, 0.29) is 0 Å². The molecule has 1 aliphatic rings. The summed E-state index contributed by atoms with van der Waals surface area (Å²) in [6, 6.07) is 14.0. The van der Waals surface area contributed by atoms with E-state index >= 15 is 0 Å². The van der Waals surface area contributed by atoms with Gasteiger partial charge in [0.15, 0.2) is 11.5 Å². The van der Waals surface area contributed by atoms with Gasteiger partial charge in [0.2, 0.25) is 0 Å². The van der Waals surface area contributed by atoms with Crippen molar-refractivity contribution in [3.63, 3.8) is 0 Å². The molecule has 1 aliphatic carbocycles. The van der Waals surface area contributed by atoms with Crippen LogP contribution in [-0.2, 0) is 0 Å². The fourth-order valence-electron chi connectivity index (χ4n) is 4.18. The minimum Gasteiger partial charge on any atom is -0.497 e. The highest BCUT2D eigenvalue weighted by atomic mass is 16.5. The van der Waals surface area contributed by atoms with Crippen molar-refractivity contribution in [3.8, 4) is 28.6 Å². The summed E-state index contributed by atoms with van der Waals surface area (Å²) in [5.41, 5.74) is 1.70. The van der Waals surface area contributed by atoms with Crippen LogP contribution in [0, 0.1) is 5.92 Å². The summed E-state index contributed by atoms with van der Waals surface area (Å²) in [5.74, 6) is 3.48. The van der Waals surface area contributed by atoms with Gasteiger partial charge in [-0.1, -0.05) is 19.8 Å². The number of ether oxygens (including phenoxy) is 3. The molecule has 0 spiro atoms. The van der Waals surface area contributed by atoms with Gasteiger partial charge in [0.1, 0.15) is 17.1 Å². The van der Waals surface area contributed by atoms with Crippen LogP contribution in [0.5, 0.6) is 17.2 Å². The van der Waals surface area contributed by atoms with Crippen molar-refractivity contribution in [2.45, 2.75) is 38.6 Å². The number of methoxy groups -OCH3 is 3. The summed E-state index contributed by atoms with van der Waals surface area (Å²) in [6.45, 7) is 2.30. The Hall–Kier alpha value is -2.95. The second kappa shape index (κ2) is 8.82. The molecule has 0 saturated heterocycles. The Morgan fingerprint density at radius 2 is 1.67 bits per heavy atom. The minimum atomic E-state index is 0.328. The van der Waals surface area contributed by atoms with Gasteiger partial charge in [0.25, 0.3) is 0 Å². The molecule has 0 aliphatic heterocycles. The van der Waals surface area contributed by atoms with Gasteiger partial charge in [0, 0.05) is 17.0 Å². The maximum atomic E-state index is 6.27. The Morgan fingerprint density at radius 3 is 2.40 bits per heavy atom. The van der Waals surface area contributed by atoms with E-state index in [2.05, 4.69) is 6.92 Å². The maximum absolute atomic E-state index is 6.27. The second-order valence-electron chi connectivity index (χ2n) is 7.89. The number of nitrogens with zero attached hydrogens (tertiary/aromatic N) is 1. The third kappa shape index (κ3) is 4.02. The molecule has 2 atom stereocenters. The predicted molar refractivity (Wildman–Crippen MR) is 118 cm³/mol. The molecule has 0 unspecified atom stereocenters. The molecule has 0 amide bonds. The summed E-state index contributed by atoms with van der Waals surface area (Å²) < 4.78 is 22.6.